The molecule has 3 aliphatic carbocycles. The summed E-state index contributed by atoms with van der Waals surface area (Å²) in [5, 5.41) is 31.1. The van der Waals surface area contributed by atoms with E-state index >= 15 is 0 Å². The molecule has 1 spiro atoms. The minimum atomic E-state index is -0.854. The smallest absolute Gasteiger partial charge is 0.314 e. The summed E-state index contributed by atoms with van der Waals surface area (Å²) in [4.78, 5) is 12.0. The number of hydrogen-bond donors (Lipinski definition) is 3. The van der Waals surface area contributed by atoms with Gasteiger partial charge in [0, 0.05) is 17.9 Å². The van der Waals surface area contributed by atoms with Gasteiger partial charge in [0.25, 0.3) is 0 Å². The molecule has 3 aliphatic rings. The molecule has 136 valence electrons. The van der Waals surface area contributed by atoms with Crippen molar-refractivity contribution in [1.29, 1.82) is 0 Å². The summed E-state index contributed by atoms with van der Waals surface area (Å²) in [6.07, 6.45) is 9.77. The minimum absolute atomic E-state index is 0.0287. The van der Waals surface area contributed by atoms with Crippen molar-refractivity contribution in [3.8, 4) is 0 Å². The van der Waals surface area contributed by atoms with Crippen LogP contribution in [0, 0.1) is 28.1 Å². The maximum atomic E-state index is 12.0. The molecule has 0 aromatic carbocycles. The number of hydrogen-bond acceptors (Lipinski definition) is 4. The van der Waals surface area contributed by atoms with Gasteiger partial charge in [-0.05, 0) is 55.1 Å². The quantitative estimate of drug-likeness (QED) is 0.713. The monoisotopic (exact) mass is 346 g/mol. The second-order valence-electron chi connectivity index (χ2n) is 8.40. The highest BCUT2D eigenvalue weighted by molar-refractivity contribution is 5.83. The summed E-state index contributed by atoms with van der Waals surface area (Å²) >= 11 is 0. The highest BCUT2D eigenvalue weighted by Crippen LogP contribution is 2.79. The maximum absolute atomic E-state index is 12.0. The molecule has 0 unspecified atom stereocenters. The molecule has 1 aromatic rings. The van der Waals surface area contributed by atoms with E-state index in [1.165, 1.54) is 0 Å². The minimum Gasteiger partial charge on any atom is -0.481 e. The lowest BCUT2D eigenvalue weighted by Crippen LogP contribution is -2.56. The normalized spacial score (nSPS) is 44.8. The third kappa shape index (κ3) is 2.05. The first-order valence-electron chi connectivity index (χ1n) is 9.15. The van der Waals surface area contributed by atoms with Gasteiger partial charge in [-0.3, -0.25) is 4.79 Å². The fourth-order valence-corrected chi connectivity index (χ4v) is 6.10. The Balaban J connectivity index is 1.73. The van der Waals surface area contributed by atoms with E-state index in [9.17, 15) is 20.1 Å². The first-order valence-corrected chi connectivity index (χ1v) is 9.15. The van der Waals surface area contributed by atoms with Gasteiger partial charge in [-0.2, -0.15) is 0 Å². The Labute approximate surface area is 147 Å². The van der Waals surface area contributed by atoms with Gasteiger partial charge in [-0.1, -0.05) is 19.1 Å². The van der Waals surface area contributed by atoms with Crippen molar-refractivity contribution in [3.05, 3.63) is 36.3 Å². The standard InChI is InChI=1S/C20H26O5/c1-13-2-7-19-11-20(19,17(23)24)8-4-15(22)16(19)18(13,12-21)6-3-14-5-9-25-10-14/h4-5,8-10,13,15-16,21-22H,2-3,6-7,11-12H2,1H3,(H,23,24)/t13-,15+,16-,18-,19+,20+/m1/s1. The van der Waals surface area contributed by atoms with Crippen LogP contribution in [0.3, 0.4) is 0 Å². The number of carboxylic acid groups (broad SMARTS) is 1. The number of furan rings is 1. The summed E-state index contributed by atoms with van der Waals surface area (Å²) in [6.45, 7) is 2.10. The topological polar surface area (TPSA) is 90.9 Å². The average molecular weight is 346 g/mol. The van der Waals surface area contributed by atoms with Gasteiger partial charge in [0.05, 0.1) is 24.0 Å². The van der Waals surface area contributed by atoms with Crippen molar-refractivity contribution in [2.24, 2.45) is 28.1 Å². The van der Waals surface area contributed by atoms with Crippen LogP contribution in [0.4, 0.5) is 0 Å². The van der Waals surface area contributed by atoms with E-state index < -0.39 is 28.3 Å². The number of carboxylic acids is 1. The molecule has 2 saturated carbocycles. The van der Waals surface area contributed by atoms with Crippen molar-refractivity contribution < 1.29 is 24.5 Å². The molecule has 0 bridgehead atoms. The average Bonchev–Trinajstić information content (AvgIpc) is 2.98. The Kier molecular flexibility index (Phi) is 3.68. The van der Waals surface area contributed by atoms with Crippen LogP contribution >= 0.6 is 0 Å². The van der Waals surface area contributed by atoms with Crippen LogP contribution in [0.5, 0.6) is 0 Å². The van der Waals surface area contributed by atoms with Crippen LogP contribution < -0.4 is 0 Å². The van der Waals surface area contributed by atoms with Gasteiger partial charge in [-0.25, -0.2) is 0 Å². The largest absolute Gasteiger partial charge is 0.481 e. The van der Waals surface area contributed by atoms with Crippen LogP contribution in [0.15, 0.2) is 35.2 Å². The summed E-state index contributed by atoms with van der Waals surface area (Å²) < 4.78 is 5.15. The molecule has 5 nitrogen and oxygen atoms in total. The van der Waals surface area contributed by atoms with Gasteiger partial charge < -0.3 is 19.7 Å². The molecule has 4 rings (SSSR count). The van der Waals surface area contributed by atoms with Gasteiger partial charge >= 0.3 is 5.97 Å². The van der Waals surface area contributed by atoms with Crippen LogP contribution in [-0.2, 0) is 11.2 Å². The molecule has 1 aromatic heterocycles. The van der Waals surface area contributed by atoms with Gasteiger partial charge in [0.1, 0.15) is 0 Å². The third-order valence-electron chi connectivity index (χ3n) is 7.63. The summed E-state index contributed by atoms with van der Waals surface area (Å²) in [5.74, 6) is -0.785. The molecular weight excluding hydrogens is 320 g/mol. The zero-order valence-corrected chi connectivity index (χ0v) is 14.5. The molecule has 2 fully saturated rings. The number of rotatable bonds is 5. The van der Waals surface area contributed by atoms with E-state index in [0.29, 0.717) is 6.42 Å². The molecule has 0 amide bonds. The van der Waals surface area contributed by atoms with Crippen LogP contribution in [-0.4, -0.2) is 34.0 Å². The fourth-order valence-electron chi connectivity index (χ4n) is 6.10. The van der Waals surface area contributed by atoms with E-state index in [0.717, 1.165) is 31.2 Å². The zero-order chi connectivity index (χ0) is 17.9. The highest BCUT2D eigenvalue weighted by atomic mass is 16.4. The van der Waals surface area contributed by atoms with E-state index in [1.807, 2.05) is 6.07 Å². The van der Waals surface area contributed by atoms with E-state index in [2.05, 4.69) is 6.92 Å². The number of aryl methyl sites for hydroxylation is 1. The van der Waals surface area contributed by atoms with Crippen molar-refractivity contribution in [3.63, 3.8) is 0 Å². The number of aliphatic carboxylic acids is 1. The Morgan fingerprint density at radius 2 is 2.24 bits per heavy atom. The molecule has 3 N–H and O–H groups in total. The van der Waals surface area contributed by atoms with Gasteiger partial charge in [0.2, 0.25) is 0 Å². The molecule has 0 saturated heterocycles. The summed E-state index contributed by atoms with van der Waals surface area (Å²) in [6, 6.07) is 1.92. The lowest BCUT2D eigenvalue weighted by Gasteiger charge is -2.55. The molecule has 25 heavy (non-hydrogen) atoms. The van der Waals surface area contributed by atoms with Gasteiger partial charge in [-0.15, -0.1) is 0 Å². The SMILES string of the molecule is C[C@@H]1CC[C@@]23C[C@]2(C(=O)O)C=C[C@H](O)[C@@H]3[C@@]1(CO)CCc1ccoc1. The predicted octanol–water partition coefficient (Wildman–Crippen LogP) is 2.63. The Hall–Kier alpha value is -1.59. The molecular formula is C20H26O5. The van der Waals surface area contributed by atoms with E-state index in [4.69, 9.17) is 4.42 Å². The second kappa shape index (κ2) is 5.45. The lowest BCUT2D eigenvalue weighted by molar-refractivity contribution is -0.153. The third-order valence-corrected chi connectivity index (χ3v) is 7.63. The van der Waals surface area contributed by atoms with Crippen molar-refractivity contribution in [1.82, 2.24) is 0 Å². The van der Waals surface area contributed by atoms with Crippen molar-refractivity contribution in [2.45, 2.75) is 45.1 Å². The Bertz CT molecular complexity index is 695. The van der Waals surface area contributed by atoms with Crippen LogP contribution in [0.1, 0.15) is 38.2 Å². The summed E-state index contributed by atoms with van der Waals surface area (Å²) in [7, 11) is 0. The van der Waals surface area contributed by atoms with Crippen molar-refractivity contribution >= 4 is 5.97 Å². The Morgan fingerprint density at radius 1 is 1.44 bits per heavy atom. The number of aliphatic hydroxyl groups excluding tert-OH is 2. The predicted molar refractivity (Wildman–Crippen MR) is 90.7 cm³/mol. The first-order chi connectivity index (χ1) is 11.9. The zero-order valence-electron chi connectivity index (χ0n) is 14.5. The first kappa shape index (κ1) is 16.9. The molecule has 5 heteroatoms. The lowest BCUT2D eigenvalue weighted by atomic mass is 9.49. The van der Waals surface area contributed by atoms with Gasteiger partial charge in [0.15, 0.2) is 0 Å². The molecule has 1 heterocycles. The van der Waals surface area contributed by atoms with Crippen LogP contribution in [0.2, 0.25) is 0 Å². The van der Waals surface area contributed by atoms with Crippen LogP contribution in [0.25, 0.3) is 0 Å². The summed E-state index contributed by atoms with van der Waals surface area (Å²) in [5.41, 5.74) is -0.677. The maximum Gasteiger partial charge on any atom is 0.314 e. The number of aliphatic hydroxyl groups is 2. The van der Waals surface area contributed by atoms with E-state index in [-0.39, 0.29) is 18.4 Å². The highest BCUT2D eigenvalue weighted by Gasteiger charge is 2.79. The second-order valence-corrected chi connectivity index (χ2v) is 8.40. The van der Waals surface area contributed by atoms with Crippen molar-refractivity contribution in [2.75, 3.05) is 6.61 Å². The fraction of sp³-hybridized carbons (Fsp3) is 0.650. The Morgan fingerprint density at radius 3 is 2.88 bits per heavy atom. The van der Waals surface area contributed by atoms with E-state index in [1.54, 1.807) is 24.7 Å². The molecule has 6 atom stereocenters. The number of carbonyl (C=O) groups is 1. The molecule has 0 radical (unpaired) electrons. The molecule has 0 aliphatic heterocycles.